The largest absolute Gasteiger partial charge is 0.496 e. The second-order valence-corrected chi connectivity index (χ2v) is 9.26. The fourth-order valence-corrected chi connectivity index (χ4v) is 4.18. The van der Waals surface area contributed by atoms with Gasteiger partial charge in [0.15, 0.2) is 11.5 Å². The van der Waals surface area contributed by atoms with Gasteiger partial charge in [-0.25, -0.2) is 5.43 Å². The third kappa shape index (κ3) is 6.48. The first-order valence-electron chi connectivity index (χ1n) is 9.33. The van der Waals surface area contributed by atoms with E-state index < -0.39 is 0 Å². The zero-order valence-corrected chi connectivity index (χ0v) is 22.3. The van der Waals surface area contributed by atoms with Crippen LogP contribution in [0.15, 0.2) is 59.7 Å². The van der Waals surface area contributed by atoms with E-state index in [0.29, 0.717) is 34.4 Å². The van der Waals surface area contributed by atoms with Crippen LogP contribution in [0.2, 0.25) is 5.02 Å². The first-order valence-corrected chi connectivity index (χ1v) is 11.9. The highest BCUT2D eigenvalue weighted by Crippen LogP contribution is 2.34. The monoisotopic (exact) mass is 676 g/mol. The maximum Gasteiger partial charge on any atom is 0.271 e. The lowest BCUT2D eigenvalue weighted by molar-refractivity contribution is 0.0954. The summed E-state index contributed by atoms with van der Waals surface area (Å²) in [5.41, 5.74) is 4.73. The summed E-state index contributed by atoms with van der Waals surface area (Å²) in [7, 11) is 3.14. The number of hydrogen-bond acceptors (Lipinski definition) is 5. The van der Waals surface area contributed by atoms with Gasteiger partial charge in [-0.15, -0.1) is 0 Å². The van der Waals surface area contributed by atoms with Crippen molar-refractivity contribution in [2.45, 2.75) is 6.61 Å². The highest BCUT2D eigenvalue weighted by atomic mass is 127. The van der Waals surface area contributed by atoms with Gasteiger partial charge in [0.25, 0.3) is 5.91 Å². The number of nitrogens with zero attached hydrogens (tertiary/aromatic N) is 1. The second-order valence-electron chi connectivity index (χ2n) is 6.50. The Bertz CT molecular complexity index is 1140. The highest BCUT2D eigenvalue weighted by Gasteiger charge is 2.12. The maximum absolute atomic E-state index is 12.4. The maximum atomic E-state index is 12.4. The molecule has 0 unspecified atom stereocenters. The minimum atomic E-state index is -0.333. The van der Waals surface area contributed by atoms with Gasteiger partial charge in [0.05, 0.1) is 27.6 Å². The Morgan fingerprint density at radius 1 is 1.00 bits per heavy atom. The number of amides is 1. The van der Waals surface area contributed by atoms with Crippen molar-refractivity contribution in [3.8, 4) is 17.2 Å². The third-order valence-electron chi connectivity index (χ3n) is 4.34. The molecule has 3 aromatic rings. The van der Waals surface area contributed by atoms with E-state index in [9.17, 15) is 4.79 Å². The second kappa shape index (κ2) is 11.7. The lowest BCUT2D eigenvalue weighted by Crippen LogP contribution is -2.17. The molecule has 0 atom stereocenters. The molecule has 0 spiro atoms. The van der Waals surface area contributed by atoms with Gasteiger partial charge in [-0.2, -0.15) is 5.10 Å². The summed E-state index contributed by atoms with van der Waals surface area (Å²) in [5, 5.41) is 4.74. The van der Waals surface area contributed by atoms with E-state index >= 15 is 0 Å². The number of carbonyl (C=O) groups excluding carboxylic acids is 1. The molecule has 0 bridgehead atoms. The van der Waals surface area contributed by atoms with Gasteiger partial charge >= 0.3 is 0 Å². The number of halogens is 3. The molecule has 0 heterocycles. The smallest absolute Gasteiger partial charge is 0.271 e. The Balaban J connectivity index is 1.69. The van der Waals surface area contributed by atoms with Crippen LogP contribution >= 0.6 is 56.8 Å². The summed E-state index contributed by atoms with van der Waals surface area (Å²) < 4.78 is 18.5. The Labute approximate surface area is 218 Å². The van der Waals surface area contributed by atoms with Gasteiger partial charge < -0.3 is 14.2 Å². The van der Waals surface area contributed by atoms with E-state index in [1.807, 2.05) is 36.4 Å². The average molecular weight is 677 g/mol. The van der Waals surface area contributed by atoms with E-state index in [4.69, 9.17) is 25.8 Å². The normalized spacial score (nSPS) is 10.8. The lowest BCUT2D eigenvalue weighted by Gasteiger charge is -2.13. The molecule has 0 aliphatic heterocycles. The van der Waals surface area contributed by atoms with Crippen molar-refractivity contribution < 1.29 is 19.0 Å². The molecule has 0 fully saturated rings. The van der Waals surface area contributed by atoms with Crippen molar-refractivity contribution in [1.82, 2.24) is 5.43 Å². The molecular formula is C23H19ClI2N2O4. The number of nitrogens with one attached hydrogen (secondary N) is 1. The number of methoxy groups -OCH3 is 2. The predicted octanol–water partition coefficient (Wildman–Crippen LogP) is 5.91. The molecule has 3 rings (SSSR count). The molecule has 0 aliphatic rings. The van der Waals surface area contributed by atoms with Crippen molar-refractivity contribution in [3.05, 3.63) is 83.5 Å². The molecule has 3 aromatic carbocycles. The first-order chi connectivity index (χ1) is 15.4. The van der Waals surface area contributed by atoms with Gasteiger partial charge in [-0.1, -0.05) is 23.7 Å². The van der Waals surface area contributed by atoms with E-state index in [-0.39, 0.29) is 5.91 Å². The number of hydrogen-bond donors (Lipinski definition) is 1. The molecule has 6 nitrogen and oxygen atoms in total. The summed E-state index contributed by atoms with van der Waals surface area (Å²) in [6.45, 7) is 0.381. The zero-order chi connectivity index (χ0) is 23.1. The first kappa shape index (κ1) is 24.6. The Morgan fingerprint density at radius 2 is 1.72 bits per heavy atom. The number of carbonyl (C=O) groups is 1. The molecule has 0 radical (unpaired) electrons. The third-order valence-corrected chi connectivity index (χ3v) is 6.29. The summed E-state index contributed by atoms with van der Waals surface area (Å²) in [6, 6.07) is 16.4. The SMILES string of the molecule is COc1cc(C(=O)N/N=C/c2cc(I)c(OCc3ccc(Cl)cc3)c(OC)c2)ccc1I. The van der Waals surface area contributed by atoms with Crippen LogP contribution in [0.5, 0.6) is 17.2 Å². The van der Waals surface area contributed by atoms with E-state index in [2.05, 4.69) is 55.7 Å². The zero-order valence-electron chi connectivity index (χ0n) is 17.2. The molecule has 0 saturated carbocycles. The Hall–Kier alpha value is -2.05. The quantitative estimate of drug-likeness (QED) is 0.183. The topological polar surface area (TPSA) is 69.2 Å². The van der Waals surface area contributed by atoms with Gasteiger partial charge in [0.1, 0.15) is 12.4 Å². The van der Waals surface area contributed by atoms with E-state index in [0.717, 1.165) is 18.3 Å². The van der Waals surface area contributed by atoms with Crippen LogP contribution in [-0.2, 0) is 6.61 Å². The summed E-state index contributed by atoms with van der Waals surface area (Å²) in [6.07, 6.45) is 1.55. The molecule has 1 N–H and O–H groups in total. The van der Waals surface area contributed by atoms with Crippen molar-refractivity contribution in [2.24, 2.45) is 5.10 Å². The molecule has 0 aliphatic carbocycles. The van der Waals surface area contributed by atoms with Gasteiger partial charge in [0.2, 0.25) is 0 Å². The van der Waals surface area contributed by atoms with Crippen molar-refractivity contribution in [2.75, 3.05) is 14.2 Å². The molecule has 0 saturated heterocycles. The van der Waals surface area contributed by atoms with Crippen molar-refractivity contribution in [1.29, 1.82) is 0 Å². The fourth-order valence-electron chi connectivity index (χ4n) is 2.72. The minimum absolute atomic E-state index is 0.333. The predicted molar refractivity (Wildman–Crippen MR) is 142 cm³/mol. The van der Waals surface area contributed by atoms with Crippen LogP contribution in [-0.4, -0.2) is 26.3 Å². The van der Waals surface area contributed by atoms with Crippen LogP contribution in [0.1, 0.15) is 21.5 Å². The van der Waals surface area contributed by atoms with Crippen LogP contribution < -0.4 is 19.6 Å². The number of ether oxygens (including phenoxy) is 3. The minimum Gasteiger partial charge on any atom is -0.496 e. The molecule has 0 aromatic heterocycles. The van der Waals surface area contributed by atoms with Crippen LogP contribution in [0.4, 0.5) is 0 Å². The Morgan fingerprint density at radius 3 is 2.41 bits per heavy atom. The molecule has 9 heteroatoms. The molecule has 1 amide bonds. The lowest BCUT2D eigenvalue weighted by atomic mass is 10.2. The molecular weight excluding hydrogens is 658 g/mol. The summed E-state index contributed by atoms with van der Waals surface area (Å²) in [5.74, 6) is 1.51. The van der Waals surface area contributed by atoms with E-state index in [1.165, 1.54) is 0 Å². The Kier molecular flexibility index (Phi) is 9.00. The molecule has 166 valence electrons. The van der Waals surface area contributed by atoms with Crippen molar-refractivity contribution >= 4 is 68.9 Å². The van der Waals surface area contributed by atoms with Crippen molar-refractivity contribution in [3.63, 3.8) is 0 Å². The fraction of sp³-hybridized carbons (Fsp3) is 0.130. The number of benzene rings is 3. The summed E-state index contributed by atoms with van der Waals surface area (Å²) >= 11 is 10.3. The molecule has 32 heavy (non-hydrogen) atoms. The number of hydrazone groups is 1. The van der Waals surface area contributed by atoms with Gasteiger partial charge in [-0.05, 0) is 98.8 Å². The van der Waals surface area contributed by atoms with Crippen LogP contribution in [0.25, 0.3) is 0 Å². The average Bonchev–Trinajstić information content (AvgIpc) is 2.79. The van der Waals surface area contributed by atoms with Crippen LogP contribution in [0, 0.1) is 7.14 Å². The highest BCUT2D eigenvalue weighted by molar-refractivity contribution is 14.1. The summed E-state index contributed by atoms with van der Waals surface area (Å²) in [4.78, 5) is 12.4. The number of rotatable bonds is 8. The van der Waals surface area contributed by atoms with Crippen LogP contribution in [0.3, 0.4) is 0 Å². The van der Waals surface area contributed by atoms with E-state index in [1.54, 1.807) is 38.6 Å². The standard InChI is InChI=1S/C23H19ClI2N2O4/c1-30-20-11-16(5-8-18(20)25)23(29)28-27-12-15-9-19(26)22(21(10-15)31-2)32-13-14-3-6-17(24)7-4-14/h3-12H,13H2,1-2H3,(H,28,29)/b27-12+. The van der Waals surface area contributed by atoms with Gasteiger partial charge in [0, 0.05) is 10.6 Å². The van der Waals surface area contributed by atoms with Gasteiger partial charge in [-0.3, -0.25) is 4.79 Å².